The molecule has 5 nitrogen and oxygen atoms in total. The average Bonchev–Trinajstić information content (AvgIpc) is 2.87. The number of hydrogen-bond acceptors (Lipinski definition) is 4. The minimum absolute atomic E-state index is 0.000546. The minimum Gasteiger partial charge on any atom is -0.372 e. The summed E-state index contributed by atoms with van der Waals surface area (Å²) < 4.78 is 5.12. The molecule has 0 saturated carbocycles. The number of nitrogens with one attached hydrogen (secondary N) is 1. The molecule has 0 radical (unpaired) electrons. The number of anilines is 2. The van der Waals surface area contributed by atoms with Gasteiger partial charge in [-0.05, 0) is 58.4 Å². The van der Waals surface area contributed by atoms with Crippen molar-refractivity contribution >= 4 is 17.3 Å². The highest BCUT2D eigenvalue weighted by atomic mass is 16.5. The Kier molecular flexibility index (Phi) is 5.79. The van der Waals surface area contributed by atoms with Crippen molar-refractivity contribution in [2.75, 3.05) is 23.3 Å². The molecule has 23 heavy (non-hydrogen) atoms. The van der Waals surface area contributed by atoms with Crippen LogP contribution in [-0.2, 0) is 11.2 Å². The Morgan fingerprint density at radius 3 is 2.35 bits per heavy atom. The van der Waals surface area contributed by atoms with Crippen LogP contribution in [0.3, 0.4) is 0 Å². The van der Waals surface area contributed by atoms with E-state index in [1.807, 2.05) is 38.1 Å². The molecule has 124 valence electrons. The Morgan fingerprint density at radius 1 is 1.17 bits per heavy atom. The number of benzene rings is 1. The Hall–Kier alpha value is -2.30. The van der Waals surface area contributed by atoms with Crippen LogP contribution in [-0.4, -0.2) is 24.2 Å². The molecule has 0 bridgehead atoms. The van der Waals surface area contributed by atoms with Crippen LogP contribution in [0, 0.1) is 13.8 Å². The van der Waals surface area contributed by atoms with Crippen molar-refractivity contribution < 1.29 is 9.32 Å². The Morgan fingerprint density at radius 2 is 1.83 bits per heavy atom. The molecule has 0 saturated heterocycles. The van der Waals surface area contributed by atoms with E-state index in [0.29, 0.717) is 12.8 Å². The molecule has 0 fully saturated rings. The predicted octanol–water partition coefficient (Wildman–Crippen LogP) is 3.71. The molecule has 1 aromatic heterocycles. The lowest BCUT2D eigenvalue weighted by Crippen LogP contribution is -2.21. The molecule has 0 aliphatic heterocycles. The fraction of sp³-hybridized carbons (Fsp3) is 0.444. The van der Waals surface area contributed by atoms with Crippen LogP contribution in [0.5, 0.6) is 0 Å². The maximum atomic E-state index is 12.1. The smallest absolute Gasteiger partial charge is 0.224 e. The van der Waals surface area contributed by atoms with Crippen molar-refractivity contribution in [1.29, 1.82) is 0 Å². The summed E-state index contributed by atoms with van der Waals surface area (Å²) in [5.41, 5.74) is 3.88. The summed E-state index contributed by atoms with van der Waals surface area (Å²) in [6, 6.07) is 7.97. The van der Waals surface area contributed by atoms with Gasteiger partial charge in [-0.2, -0.15) is 0 Å². The third kappa shape index (κ3) is 4.34. The number of rotatable bonds is 7. The van der Waals surface area contributed by atoms with Gasteiger partial charge in [0.05, 0.1) is 5.69 Å². The molecule has 0 aliphatic rings. The number of aryl methyl sites for hydroxylation is 2. The second-order valence-electron chi connectivity index (χ2n) is 5.57. The summed E-state index contributed by atoms with van der Waals surface area (Å²) in [5.74, 6) is 0.791. The van der Waals surface area contributed by atoms with Gasteiger partial charge >= 0.3 is 0 Å². The van der Waals surface area contributed by atoms with E-state index in [-0.39, 0.29) is 5.91 Å². The lowest BCUT2D eigenvalue weighted by molar-refractivity contribution is -0.116. The molecule has 0 atom stereocenters. The normalized spacial score (nSPS) is 10.6. The van der Waals surface area contributed by atoms with Gasteiger partial charge in [0.15, 0.2) is 0 Å². The maximum absolute atomic E-state index is 12.1. The van der Waals surface area contributed by atoms with E-state index >= 15 is 0 Å². The number of carbonyl (C=O) groups excluding carboxylic acids is 1. The van der Waals surface area contributed by atoms with E-state index in [9.17, 15) is 4.79 Å². The summed E-state index contributed by atoms with van der Waals surface area (Å²) in [4.78, 5) is 14.4. The first-order valence-corrected chi connectivity index (χ1v) is 8.11. The highest BCUT2D eigenvalue weighted by Gasteiger charge is 2.11. The van der Waals surface area contributed by atoms with E-state index in [2.05, 4.69) is 29.2 Å². The fourth-order valence-corrected chi connectivity index (χ4v) is 2.67. The quantitative estimate of drug-likeness (QED) is 0.846. The third-order valence-corrected chi connectivity index (χ3v) is 4.06. The van der Waals surface area contributed by atoms with Gasteiger partial charge in [0.1, 0.15) is 5.76 Å². The van der Waals surface area contributed by atoms with E-state index in [1.54, 1.807) is 0 Å². The van der Waals surface area contributed by atoms with Crippen molar-refractivity contribution in [2.24, 2.45) is 0 Å². The fourth-order valence-electron chi connectivity index (χ4n) is 2.67. The Labute approximate surface area is 137 Å². The van der Waals surface area contributed by atoms with Crippen LogP contribution in [0.2, 0.25) is 0 Å². The second-order valence-corrected chi connectivity index (χ2v) is 5.57. The molecule has 2 rings (SSSR count). The van der Waals surface area contributed by atoms with Crippen LogP contribution >= 0.6 is 0 Å². The molecule has 0 spiro atoms. The summed E-state index contributed by atoms with van der Waals surface area (Å²) in [7, 11) is 0. The first-order valence-electron chi connectivity index (χ1n) is 8.11. The van der Waals surface area contributed by atoms with E-state index in [1.165, 1.54) is 5.69 Å². The van der Waals surface area contributed by atoms with Crippen LogP contribution in [0.4, 0.5) is 11.4 Å². The van der Waals surface area contributed by atoms with Gasteiger partial charge in [-0.25, -0.2) is 0 Å². The van der Waals surface area contributed by atoms with Crippen LogP contribution in [0.1, 0.15) is 37.3 Å². The van der Waals surface area contributed by atoms with Crippen LogP contribution in [0.15, 0.2) is 28.8 Å². The molecule has 1 aromatic carbocycles. The van der Waals surface area contributed by atoms with Crippen molar-refractivity contribution in [2.45, 2.75) is 40.5 Å². The van der Waals surface area contributed by atoms with Crippen molar-refractivity contribution in [1.82, 2.24) is 5.16 Å². The van der Waals surface area contributed by atoms with Gasteiger partial charge in [0, 0.05) is 36.4 Å². The first kappa shape index (κ1) is 17.1. The maximum Gasteiger partial charge on any atom is 0.224 e. The molecule has 1 N–H and O–H groups in total. The second kappa shape index (κ2) is 7.81. The van der Waals surface area contributed by atoms with Crippen molar-refractivity contribution in [3.8, 4) is 0 Å². The topological polar surface area (TPSA) is 58.4 Å². The zero-order valence-electron chi connectivity index (χ0n) is 14.3. The molecule has 1 amide bonds. The zero-order valence-corrected chi connectivity index (χ0v) is 14.3. The first-order chi connectivity index (χ1) is 11.0. The number of hydrogen-bond donors (Lipinski definition) is 1. The minimum atomic E-state index is 0.000546. The third-order valence-electron chi connectivity index (χ3n) is 4.06. The summed E-state index contributed by atoms with van der Waals surface area (Å²) in [5, 5.41) is 6.85. The largest absolute Gasteiger partial charge is 0.372 e. The summed E-state index contributed by atoms with van der Waals surface area (Å²) in [6.07, 6.45) is 1.06. The van der Waals surface area contributed by atoms with Crippen molar-refractivity contribution in [3.63, 3.8) is 0 Å². The van der Waals surface area contributed by atoms with E-state index in [0.717, 1.165) is 35.8 Å². The van der Waals surface area contributed by atoms with Crippen LogP contribution in [0.25, 0.3) is 0 Å². The molecule has 5 heteroatoms. The highest BCUT2D eigenvalue weighted by Crippen LogP contribution is 2.18. The number of aromatic nitrogens is 1. The number of amides is 1. The molecule has 0 unspecified atom stereocenters. The standard InChI is InChI=1S/C18H25N3O2/c1-5-21(6-2)16-9-7-15(8-10-16)19-18(22)12-11-17-13(3)20-23-14(17)4/h7-10H,5-6,11-12H2,1-4H3,(H,19,22). The lowest BCUT2D eigenvalue weighted by atomic mass is 10.1. The number of carbonyl (C=O) groups is 1. The number of nitrogens with zero attached hydrogens (tertiary/aromatic N) is 2. The summed E-state index contributed by atoms with van der Waals surface area (Å²) >= 11 is 0. The molecular formula is C18H25N3O2. The highest BCUT2D eigenvalue weighted by molar-refractivity contribution is 5.91. The van der Waals surface area contributed by atoms with Gasteiger partial charge in [-0.1, -0.05) is 5.16 Å². The van der Waals surface area contributed by atoms with Gasteiger partial charge in [-0.15, -0.1) is 0 Å². The van der Waals surface area contributed by atoms with E-state index < -0.39 is 0 Å². The van der Waals surface area contributed by atoms with Gasteiger partial charge in [-0.3, -0.25) is 4.79 Å². The SMILES string of the molecule is CCN(CC)c1ccc(NC(=O)CCc2c(C)noc2C)cc1. The Bertz CT molecular complexity index is 623. The van der Waals surface area contributed by atoms with E-state index in [4.69, 9.17) is 4.52 Å². The van der Waals surface area contributed by atoms with Crippen molar-refractivity contribution in [3.05, 3.63) is 41.3 Å². The van der Waals surface area contributed by atoms with Gasteiger partial charge in [0.25, 0.3) is 0 Å². The molecule has 2 aromatic rings. The zero-order chi connectivity index (χ0) is 16.8. The van der Waals surface area contributed by atoms with Gasteiger partial charge < -0.3 is 14.7 Å². The lowest BCUT2D eigenvalue weighted by Gasteiger charge is -2.21. The Balaban J connectivity index is 1.90. The predicted molar refractivity (Wildman–Crippen MR) is 92.9 cm³/mol. The molecule has 1 heterocycles. The molecular weight excluding hydrogens is 290 g/mol. The molecule has 0 aliphatic carbocycles. The monoisotopic (exact) mass is 315 g/mol. The average molecular weight is 315 g/mol. The van der Waals surface area contributed by atoms with Gasteiger partial charge in [0.2, 0.25) is 5.91 Å². The summed E-state index contributed by atoms with van der Waals surface area (Å²) in [6.45, 7) is 9.98. The van der Waals surface area contributed by atoms with Crippen LogP contribution < -0.4 is 10.2 Å².